The number of hydrogen-bond donors (Lipinski definition) is 1. The van der Waals surface area contributed by atoms with Crippen molar-refractivity contribution in [3.63, 3.8) is 0 Å². The topological polar surface area (TPSA) is 68.1 Å². The molecule has 1 aliphatic rings. The summed E-state index contributed by atoms with van der Waals surface area (Å²) in [4.78, 5) is 17.8. The number of ether oxygens (including phenoxy) is 2. The first-order chi connectivity index (χ1) is 16.9. The summed E-state index contributed by atoms with van der Waals surface area (Å²) in [7, 11) is 0. The quantitative estimate of drug-likeness (QED) is 0.362. The summed E-state index contributed by atoms with van der Waals surface area (Å²) < 4.78 is 11.3. The molecule has 0 atom stereocenters. The molecule has 1 aliphatic heterocycles. The highest BCUT2D eigenvalue weighted by molar-refractivity contribution is 8.18. The highest BCUT2D eigenvalue weighted by Gasteiger charge is 2.33. The summed E-state index contributed by atoms with van der Waals surface area (Å²) in [6.07, 6.45) is 1.81. The zero-order valence-corrected chi connectivity index (χ0v) is 20.8. The van der Waals surface area contributed by atoms with Crippen molar-refractivity contribution in [1.82, 2.24) is 0 Å². The molecule has 6 heteroatoms. The van der Waals surface area contributed by atoms with Crippen LogP contribution in [0.5, 0.6) is 5.75 Å². The van der Waals surface area contributed by atoms with Gasteiger partial charge in [-0.25, -0.2) is 9.79 Å². The Balaban J connectivity index is 1.65. The van der Waals surface area contributed by atoms with E-state index in [1.165, 1.54) is 17.3 Å². The van der Waals surface area contributed by atoms with Gasteiger partial charge in [-0.15, -0.1) is 0 Å². The average molecular weight is 486 g/mol. The molecule has 0 unspecified atom stereocenters. The zero-order valence-electron chi connectivity index (χ0n) is 19.9. The summed E-state index contributed by atoms with van der Waals surface area (Å²) in [5, 5.41) is 11.4. The monoisotopic (exact) mass is 485 g/mol. The van der Waals surface area contributed by atoms with E-state index in [0.717, 1.165) is 16.7 Å². The van der Waals surface area contributed by atoms with Crippen LogP contribution in [0.2, 0.25) is 0 Å². The Bertz CT molecular complexity index is 1310. The van der Waals surface area contributed by atoms with E-state index in [2.05, 4.69) is 17.1 Å². The van der Waals surface area contributed by atoms with Gasteiger partial charge in [0, 0.05) is 5.56 Å². The van der Waals surface area contributed by atoms with Crippen LogP contribution in [-0.4, -0.2) is 22.7 Å². The number of carbonyl (C=O) groups excluding carboxylic acids is 1. The summed E-state index contributed by atoms with van der Waals surface area (Å²) in [5.41, 5.74) is 4.92. The van der Waals surface area contributed by atoms with E-state index in [-0.39, 0.29) is 17.9 Å². The third-order valence-electron chi connectivity index (χ3n) is 5.36. The van der Waals surface area contributed by atoms with Crippen LogP contribution >= 0.6 is 11.8 Å². The van der Waals surface area contributed by atoms with Crippen molar-refractivity contribution in [2.75, 3.05) is 6.61 Å². The Morgan fingerprint density at radius 3 is 2.31 bits per heavy atom. The lowest BCUT2D eigenvalue weighted by atomic mass is 10.1. The van der Waals surface area contributed by atoms with E-state index in [0.29, 0.717) is 28.0 Å². The minimum atomic E-state index is -0.601. The number of benzene rings is 3. The standard InChI is InChI=1S/C29H27NO4S/c1-4-33-29(32)26-27(31)25(35-28(26)30-23-15-11-20(3)12-16-23)17-22-7-5-6-8-24(22)34-18-21-13-9-19(2)10-14-21/h5-17,31H,4,18H2,1-3H3/b25-17+,30-28?. The molecule has 5 nitrogen and oxygen atoms in total. The second-order valence-electron chi connectivity index (χ2n) is 8.12. The highest BCUT2D eigenvalue weighted by atomic mass is 32.2. The fraction of sp³-hybridized carbons (Fsp3) is 0.172. The maximum atomic E-state index is 12.7. The van der Waals surface area contributed by atoms with Gasteiger partial charge in [0.25, 0.3) is 0 Å². The van der Waals surface area contributed by atoms with Gasteiger partial charge in [0.1, 0.15) is 28.7 Å². The van der Waals surface area contributed by atoms with Gasteiger partial charge in [-0.05, 0) is 50.6 Å². The van der Waals surface area contributed by atoms with E-state index in [1.807, 2.05) is 74.5 Å². The average Bonchev–Trinajstić information content (AvgIpc) is 3.15. The van der Waals surface area contributed by atoms with Gasteiger partial charge in [0.15, 0.2) is 0 Å². The first-order valence-electron chi connectivity index (χ1n) is 11.4. The Kier molecular flexibility index (Phi) is 7.73. The minimum Gasteiger partial charge on any atom is -0.506 e. The second kappa shape index (κ2) is 11.1. The molecular formula is C29H27NO4S. The number of hydrogen-bond acceptors (Lipinski definition) is 6. The molecule has 0 aromatic heterocycles. The van der Waals surface area contributed by atoms with E-state index in [4.69, 9.17) is 9.47 Å². The molecular weight excluding hydrogens is 458 g/mol. The van der Waals surface area contributed by atoms with Crippen molar-refractivity contribution in [2.24, 2.45) is 4.99 Å². The molecule has 0 fully saturated rings. The van der Waals surface area contributed by atoms with Crippen molar-refractivity contribution in [2.45, 2.75) is 27.4 Å². The van der Waals surface area contributed by atoms with Crippen molar-refractivity contribution in [3.8, 4) is 5.75 Å². The van der Waals surface area contributed by atoms with Gasteiger partial charge in [0.05, 0.1) is 17.2 Å². The molecule has 0 amide bonds. The van der Waals surface area contributed by atoms with Crippen LogP contribution in [0, 0.1) is 13.8 Å². The number of esters is 1. The Labute approximate surface area is 209 Å². The maximum Gasteiger partial charge on any atom is 0.344 e. The molecule has 0 saturated carbocycles. The fourth-order valence-electron chi connectivity index (χ4n) is 3.45. The van der Waals surface area contributed by atoms with Crippen LogP contribution in [0.3, 0.4) is 0 Å². The van der Waals surface area contributed by atoms with Gasteiger partial charge in [-0.2, -0.15) is 0 Å². The normalized spacial score (nSPS) is 15.6. The predicted octanol–water partition coefficient (Wildman–Crippen LogP) is 7.08. The SMILES string of the molecule is CCOC(=O)C1=C(O)/C(=C\c2ccccc2OCc2ccc(C)cc2)SC1=Nc1ccc(C)cc1. The zero-order chi connectivity index (χ0) is 24.8. The van der Waals surface area contributed by atoms with Crippen LogP contribution in [0.4, 0.5) is 5.69 Å². The van der Waals surface area contributed by atoms with Crippen molar-refractivity contribution in [3.05, 3.63) is 111 Å². The summed E-state index contributed by atoms with van der Waals surface area (Å²) >= 11 is 1.23. The van der Waals surface area contributed by atoms with Crippen LogP contribution in [-0.2, 0) is 16.1 Å². The number of aliphatic imine (C=N–C) groups is 1. The lowest BCUT2D eigenvalue weighted by Gasteiger charge is -2.10. The summed E-state index contributed by atoms with van der Waals surface area (Å²) in [5.74, 6) is -0.0705. The van der Waals surface area contributed by atoms with E-state index < -0.39 is 5.97 Å². The molecule has 0 spiro atoms. The third kappa shape index (κ3) is 6.03. The van der Waals surface area contributed by atoms with Gasteiger partial charge in [0.2, 0.25) is 0 Å². The van der Waals surface area contributed by atoms with Gasteiger partial charge < -0.3 is 14.6 Å². The second-order valence-corrected chi connectivity index (χ2v) is 9.15. The largest absolute Gasteiger partial charge is 0.506 e. The number of aliphatic hydroxyl groups excluding tert-OH is 1. The molecule has 0 aliphatic carbocycles. The minimum absolute atomic E-state index is 0.0710. The molecule has 3 aromatic carbocycles. The predicted molar refractivity (Wildman–Crippen MR) is 142 cm³/mol. The van der Waals surface area contributed by atoms with Crippen LogP contribution in [0.1, 0.15) is 29.2 Å². The molecule has 3 aromatic rings. The van der Waals surface area contributed by atoms with Crippen LogP contribution < -0.4 is 4.74 Å². The fourth-order valence-corrected chi connectivity index (χ4v) is 4.47. The van der Waals surface area contributed by atoms with E-state index in [9.17, 15) is 9.90 Å². The molecule has 1 N–H and O–H groups in total. The molecule has 4 rings (SSSR count). The molecule has 0 radical (unpaired) electrons. The Morgan fingerprint density at radius 1 is 0.971 bits per heavy atom. The van der Waals surface area contributed by atoms with E-state index >= 15 is 0 Å². The maximum absolute atomic E-state index is 12.7. The smallest absolute Gasteiger partial charge is 0.344 e. The lowest BCUT2D eigenvalue weighted by Crippen LogP contribution is -2.12. The number of para-hydroxylation sites is 1. The number of aliphatic hydroxyl groups is 1. The number of aryl methyl sites for hydroxylation is 2. The van der Waals surface area contributed by atoms with Crippen LogP contribution in [0.25, 0.3) is 6.08 Å². The number of nitrogens with zero attached hydrogens (tertiary/aromatic N) is 1. The van der Waals surface area contributed by atoms with Crippen molar-refractivity contribution in [1.29, 1.82) is 0 Å². The van der Waals surface area contributed by atoms with Gasteiger partial charge in [-0.1, -0.05) is 77.5 Å². The lowest BCUT2D eigenvalue weighted by molar-refractivity contribution is -0.138. The first-order valence-corrected chi connectivity index (χ1v) is 12.2. The molecule has 1 heterocycles. The Morgan fingerprint density at radius 2 is 1.63 bits per heavy atom. The molecule has 35 heavy (non-hydrogen) atoms. The molecule has 178 valence electrons. The summed E-state index contributed by atoms with van der Waals surface area (Å²) in [6, 6.07) is 23.4. The number of rotatable bonds is 7. The molecule has 0 bridgehead atoms. The van der Waals surface area contributed by atoms with Crippen molar-refractivity contribution < 1.29 is 19.4 Å². The van der Waals surface area contributed by atoms with Crippen molar-refractivity contribution >= 4 is 34.5 Å². The third-order valence-corrected chi connectivity index (χ3v) is 6.38. The van der Waals surface area contributed by atoms with E-state index in [1.54, 1.807) is 13.0 Å². The number of carbonyl (C=O) groups is 1. The Hall–Kier alpha value is -3.77. The summed E-state index contributed by atoms with van der Waals surface area (Å²) in [6.45, 7) is 6.39. The molecule has 0 saturated heterocycles. The van der Waals surface area contributed by atoms with Gasteiger partial charge >= 0.3 is 5.97 Å². The van der Waals surface area contributed by atoms with Crippen LogP contribution in [0.15, 0.2) is 94.0 Å². The number of thioether (sulfide) groups is 1. The van der Waals surface area contributed by atoms with Gasteiger partial charge in [-0.3, -0.25) is 0 Å². The first kappa shape index (κ1) is 24.4. The highest BCUT2D eigenvalue weighted by Crippen LogP contribution is 2.41.